The Morgan fingerprint density at radius 3 is 2.83 bits per heavy atom. The van der Waals surface area contributed by atoms with E-state index in [0.29, 0.717) is 17.8 Å². The summed E-state index contributed by atoms with van der Waals surface area (Å²) in [7, 11) is 0. The molecule has 0 aromatic heterocycles. The monoisotopic (exact) mass is 272 g/mol. The van der Waals surface area contributed by atoms with Gasteiger partial charge in [-0.2, -0.15) is 0 Å². The van der Waals surface area contributed by atoms with Crippen LogP contribution in [-0.2, 0) is 4.79 Å². The topological polar surface area (TPSA) is 55.1 Å². The molecule has 3 nitrogen and oxygen atoms in total. The Bertz CT molecular complexity index is 437. The lowest BCUT2D eigenvalue weighted by molar-refractivity contribution is -0.119. The third-order valence-corrected chi connectivity index (χ3v) is 3.11. The number of rotatable bonds is 5. The van der Waals surface area contributed by atoms with Crippen LogP contribution < -0.4 is 11.1 Å². The number of carbonyl (C=O) groups excluding carboxylic acids is 1. The maximum absolute atomic E-state index is 13.2. The first-order chi connectivity index (χ1) is 8.45. The van der Waals surface area contributed by atoms with Crippen LogP contribution in [0.5, 0.6) is 0 Å². The number of nitrogens with two attached hydrogens (primary N) is 1. The second kappa shape index (κ2) is 6.71. The first-order valence-electron chi connectivity index (χ1n) is 5.92. The van der Waals surface area contributed by atoms with Gasteiger partial charge in [0.1, 0.15) is 5.82 Å². The van der Waals surface area contributed by atoms with Crippen molar-refractivity contribution >= 4 is 23.2 Å². The third kappa shape index (κ3) is 3.96. The molecule has 1 aromatic rings. The lowest BCUT2D eigenvalue weighted by atomic mass is 10.0. The maximum atomic E-state index is 13.2. The molecule has 100 valence electrons. The summed E-state index contributed by atoms with van der Waals surface area (Å²) in [6.07, 6.45) is 1.52. The minimum atomic E-state index is -0.380. The molecule has 1 atom stereocenters. The van der Waals surface area contributed by atoms with Crippen LogP contribution in [0.2, 0.25) is 5.02 Å². The van der Waals surface area contributed by atoms with E-state index < -0.39 is 0 Å². The molecule has 5 heteroatoms. The van der Waals surface area contributed by atoms with Crippen molar-refractivity contribution in [3.05, 3.63) is 28.5 Å². The summed E-state index contributed by atoms with van der Waals surface area (Å²) in [6.45, 7) is 4.02. The van der Waals surface area contributed by atoms with Crippen LogP contribution in [0.3, 0.4) is 0 Å². The van der Waals surface area contributed by atoms with Crippen LogP contribution in [-0.4, -0.2) is 12.5 Å². The van der Waals surface area contributed by atoms with Gasteiger partial charge in [-0.1, -0.05) is 18.5 Å². The van der Waals surface area contributed by atoms with Gasteiger partial charge in [-0.15, -0.1) is 0 Å². The molecule has 0 heterocycles. The molecule has 18 heavy (non-hydrogen) atoms. The molecule has 0 bridgehead atoms. The molecule has 1 amide bonds. The SMILES string of the molecule is Cc1cc(NC(=O)C(C)CCCN)c(Cl)cc1F. The third-order valence-electron chi connectivity index (χ3n) is 2.80. The van der Waals surface area contributed by atoms with Crippen LogP contribution in [0.4, 0.5) is 10.1 Å². The fourth-order valence-corrected chi connectivity index (χ4v) is 1.76. The summed E-state index contributed by atoms with van der Waals surface area (Å²) < 4.78 is 13.2. The van der Waals surface area contributed by atoms with Crippen molar-refractivity contribution in [3.8, 4) is 0 Å². The second-order valence-corrected chi connectivity index (χ2v) is 4.81. The first kappa shape index (κ1) is 14.9. The first-order valence-corrected chi connectivity index (χ1v) is 6.30. The summed E-state index contributed by atoms with van der Waals surface area (Å²) in [5.74, 6) is -0.652. The lowest BCUT2D eigenvalue weighted by Crippen LogP contribution is -2.21. The van der Waals surface area contributed by atoms with Gasteiger partial charge in [0, 0.05) is 5.92 Å². The zero-order valence-electron chi connectivity index (χ0n) is 10.6. The number of anilines is 1. The predicted octanol–water partition coefficient (Wildman–Crippen LogP) is 3.10. The van der Waals surface area contributed by atoms with Gasteiger partial charge < -0.3 is 11.1 Å². The largest absolute Gasteiger partial charge is 0.330 e. The molecular weight excluding hydrogens is 255 g/mol. The molecular formula is C13H18ClFN2O. The Morgan fingerprint density at radius 1 is 1.56 bits per heavy atom. The number of halogens is 2. The lowest BCUT2D eigenvalue weighted by Gasteiger charge is -2.13. The molecule has 1 aromatic carbocycles. The number of carbonyl (C=O) groups is 1. The van der Waals surface area contributed by atoms with E-state index in [1.165, 1.54) is 12.1 Å². The van der Waals surface area contributed by atoms with E-state index >= 15 is 0 Å². The fourth-order valence-electron chi connectivity index (χ4n) is 1.56. The van der Waals surface area contributed by atoms with Gasteiger partial charge in [0.2, 0.25) is 5.91 Å². The minimum Gasteiger partial charge on any atom is -0.330 e. The van der Waals surface area contributed by atoms with Gasteiger partial charge >= 0.3 is 0 Å². The molecule has 1 unspecified atom stereocenters. The quantitative estimate of drug-likeness (QED) is 0.865. The van der Waals surface area contributed by atoms with E-state index in [4.69, 9.17) is 17.3 Å². The van der Waals surface area contributed by atoms with E-state index in [2.05, 4.69) is 5.32 Å². The minimum absolute atomic E-state index is 0.128. The second-order valence-electron chi connectivity index (χ2n) is 4.40. The smallest absolute Gasteiger partial charge is 0.227 e. The number of nitrogens with one attached hydrogen (secondary N) is 1. The van der Waals surface area contributed by atoms with Crippen molar-refractivity contribution in [1.29, 1.82) is 0 Å². The van der Waals surface area contributed by atoms with Gasteiger partial charge in [0.05, 0.1) is 10.7 Å². The highest BCUT2D eigenvalue weighted by Gasteiger charge is 2.14. The number of aryl methyl sites for hydroxylation is 1. The number of amides is 1. The Labute approximate surface area is 112 Å². The van der Waals surface area contributed by atoms with Crippen LogP contribution >= 0.6 is 11.6 Å². The van der Waals surface area contributed by atoms with E-state index in [9.17, 15) is 9.18 Å². The highest BCUT2D eigenvalue weighted by atomic mass is 35.5. The zero-order chi connectivity index (χ0) is 13.7. The van der Waals surface area contributed by atoms with Gasteiger partial charge in [-0.25, -0.2) is 4.39 Å². The van der Waals surface area contributed by atoms with E-state index in [0.717, 1.165) is 12.8 Å². The van der Waals surface area contributed by atoms with E-state index in [1.807, 2.05) is 6.92 Å². The van der Waals surface area contributed by atoms with Crippen molar-refractivity contribution in [3.63, 3.8) is 0 Å². The van der Waals surface area contributed by atoms with E-state index in [-0.39, 0.29) is 22.7 Å². The molecule has 0 aliphatic rings. The van der Waals surface area contributed by atoms with Crippen molar-refractivity contribution < 1.29 is 9.18 Å². The van der Waals surface area contributed by atoms with Crippen LogP contribution in [0, 0.1) is 18.7 Å². The average Bonchev–Trinajstić information content (AvgIpc) is 2.32. The summed E-state index contributed by atoms with van der Waals surface area (Å²) in [5, 5.41) is 2.91. The number of hydrogen-bond acceptors (Lipinski definition) is 2. The summed E-state index contributed by atoms with van der Waals surface area (Å²) in [4.78, 5) is 11.9. The molecule has 0 aliphatic heterocycles. The zero-order valence-corrected chi connectivity index (χ0v) is 11.4. The standard InChI is InChI=1S/C13H18ClFN2O/c1-8(4-3-5-16)13(18)17-12-6-9(2)11(15)7-10(12)14/h6-8H,3-5,16H2,1-2H3,(H,17,18). The maximum Gasteiger partial charge on any atom is 0.227 e. The van der Waals surface area contributed by atoms with Gasteiger partial charge in [0.15, 0.2) is 0 Å². The van der Waals surface area contributed by atoms with Gasteiger partial charge in [-0.05, 0) is 44.0 Å². The molecule has 3 N–H and O–H groups in total. The number of hydrogen-bond donors (Lipinski definition) is 2. The Morgan fingerprint density at radius 2 is 2.22 bits per heavy atom. The van der Waals surface area contributed by atoms with Crippen molar-refractivity contribution in [2.24, 2.45) is 11.7 Å². The molecule has 0 saturated heterocycles. The molecule has 0 radical (unpaired) electrons. The molecule has 0 spiro atoms. The molecule has 0 fully saturated rings. The van der Waals surface area contributed by atoms with Crippen LogP contribution in [0.1, 0.15) is 25.3 Å². The Balaban J connectivity index is 2.72. The normalized spacial score (nSPS) is 12.3. The predicted molar refractivity (Wildman–Crippen MR) is 72.2 cm³/mol. The van der Waals surface area contributed by atoms with E-state index in [1.54, 1.807) is 6.92 Å². The van der Waals surface area contributed by atoms with Crippen molar-refractivity contribution in [2.75, 3.05) is 11.9 Å². The van der Waals surface area contributed by atoms with Crippen LogP contribution in [0.25, 0.3) is 0 Å². The van der Waals surface area contributed by atoms with Gasteiger partial charge in [-0.3, -0.25) is 4.79 Å². The number of benzene rings is 1. The van der Waals surface area contributed by atoms with Crippen LogP contribution in [0.15, 0.2) is 12.1 Å². The fraction of sp³-hybridized carbons (Fsp3) is 0.462. The summed E-state index contributed by atoms with van der Waals surface area (Å²) in [6, 6.07) is 2.74. The molecule has 0 aliphatic carbocycles. The Kier molecular flexibility index (Phi) is 5.56. The average molecular weight is 273 g/mol. The van der Waals surface area contributed by atoms with Crippen molar-refractivity contribution in [1.82, 2.24) is 0 Å². The molecule has 1 rings (SSSR count). The Hall–Kier alpha value is -1.13. The summed E-state index contributed by atoms with van der Waals surface area (Å²) in [5.41, 5.74) is 6.29. The molecule has 0 saturated carbocycles. The highest BCUT2D eigenvalue weighted by Crippen LogP contribution is 2.25. The van der Waals surface area contributed by atoms with Gasteiger partial charge in [0.25, 0.3) is 0 Å². The highest BCUT2D eigenvalue weighted by molar-refractivity contribution is 6.33. The summed E-state index contributed by atoms with van der Waals surface area (Å²) >= 11 is 5.88. The van der Waals surface area contributed by atoms with Crippen molar-refractivity contribution in [2.45, 2.75) is 26.7 Å².